The van der Waals surface area contributed by atoms with Crippen LogP contribution in [0.3, 0.4) is 0 Å². The molecule has 0 bridgehead atoms. The van der Waals surface area contributed by atoms with Crippen molar-refractivity contribution in [3.05, 3.63) is 34.6 Å². The first kappa shape index (κ1) is 10.5. The zero-order valence-electron chi connectivity index (χ0n) is 7.00. The van der Waals surface area contributed by atoms with Crippen LogP contribution in [0.4, 0.5) is 10.1 Å². The smallest absolute Gasteiger partial charge is 0.328 e. The van der Waals surface area contributed by atoms with E-state index in [0.717, 1.165) is 12.2 Å². The number of carbonyl (C=O) groups is 1. The predicted molar refractivity (Wildman–Crippen MR) is 52.5 cm³/mol. The highest BCUT2D eigenvalue weighted by Crippen LogP contribution is 2.24. The number of nitrogen functional groups attached to an aromatic ring is 1. The molecule has 0 amide bonds. The van der Waals surface area contributed by atoms with Crippen molar-refractivity contribution in [3.63, 3.8) is 0 Å². The highest BCUT2D eigenvalue weighted by molar-refractivity contribution is 6.31. The summed E-state index contributed by atoms with van der Waals surface area (Å²) < 4.78 is 13.3. The molecule has 1 aromatic rings. The Morgan fingerprint density at radius 2 is 2.21 bits per heavy atom. The normalized spacial score (nSPS) is 10.7. The number of benzene rings is 1. The Kier molecular flexibility index (Phi) is 3.09. The lowest BCUT2D eigenvalue weighted by Crippen LogP contribution is -1.95. The van der Waals surface area contributed by atoms with Crippen molar-refractivity contribution >= 4 is 29.3 Å². The third-order valence-electron chi connectivity index (χ3n) is 1.56. The van der Waals surface area contributed by atoms with Crippen LogP contribution in [0.15, 0.2) is 18.2 Å². The molecule has 0 radical (unpaired) electrons. The molecule has 0 aliphatic rings. The molecular formula is C9H7ClFNO2. The minimum Gasteiger partial charge on any atom is -0.478 e. The minimum absolute atomic E-state index is 0.0140. The summed E-state index contributed by atoms with van der Waals surface area (Å²) in [5.74, 6) is -1.90. The lowest BCUT2D eigenvalue weighted by molar-refractivity contribution is -0.131. The van der Waals surface area contributed by atoms with E-state index in [1.54, 1.807) is 0 Å². The molecule has 0 unspecified atom stereocenters. The number of aliphatic carboxylic acids is 1. The van der Waals surface area contributed by atoms with Gasteiger partial charge in [-0.25, -0.2) is 9.18 Å². The number of halogens is 2. The van der Waals surface area contributed by atoms with Gasteiger partial charge in [0, 0.05) is 17.3 Å². The largest absolute Gasteiger partial charge is 0.478 e. The van der Waals surface area contributed by atoms with Crippen molar-refractivity contribution in [3.8, 4) is 0 Å². The summed E-state index contributed by atoms with van der Waals surface area (Å²) in [6.07, 6.45) is 1.87. The molecule has 0 saturated heterocycles. The van der Waals surface area contributed by atoms with Crippen LogP contribution in [0.25, 0.3) is 6.08 Å². The van der Waals surface area contributed by atoms with E-state index in [0.29, 0.717) is 0 Å². The number of nitrogens with two attached hydrogens (primary N) is 1. The van der Waals surface area contributed by atoms with Gasteiger partial charge in [-0.3, -0.25) is 0 Å². The van der Waals surface area contributed by atoms with Gasteiger partial charge in [0.25, 0.3) is 0 Å². The van der Waals surface area contributed by atoms with Crippen molar-refractivity contribution in [1.82, 2.24) is 0 Å². The number of hydrogen-bond donors (Lipinski definition) is 2. The third-order valence-corrected chi connectivity index (χ3v) is 1.85. The van der Waals surface area contributed by atoms with Gasteiger partial charge in [0.2, 0.25) is 0 Å². The number of carboxylic acids is 1. The van der Waals surface area contributed by atoms with Crippen LogP contribution in [-0.4, -0.2) is 11.1 Å². The Morgan fingerprint density at radius 1 is 1.57 bits per heavy atom. The van der Waals surface area contributed by atoms with Crippen LogP contribution in [0.5, 0.6) is 0 Å². The van der Waals surface area contributed by atoms with E-state index in [1.165, 1.54) is 12.1 Å². The molecule has 0 aromatic heterocycles. The van der Waals surface area contributed by atoms with Gasteiger partial charge in [-0.05, 0) is 18.2 Å². The molecule has 0 aliphatic carbocycles. The molecule has 3 N–H and O–H groups in total. The summed E-state index contributed by atoms with van der Waals surface area (Å²) in [4.78, 5) is 10.2. The van der Waals surface area contributed by atoms with Crippen LogP contribution in [-0.2, 0) is 4.79 Å². The van der Waals surface area contributed by atoms with E-state index in [1.807, 2.05) is 0 Å². The third kappa shape index (κ3) is 2.23. The van der Waals surface area contributed by atoms with Crippen LogP contribution in [0.2, 0.25) is 5.02 Å². The molecule has 0 saturated carbocycles. The summed E-state index contributed by atoms with van der Waals surface area (Å²) in [5, 5.41) is 8.25. The van der Waals surface area contributed by atoms with Gasteiger partial charge in [-0.1, -0.05) is 11.6 Å². The standard InChI is InChI=1S/C9H7ClFNO2/c10-6-2-3-7(12)5(9(6)11)1-4-8(13)14/h1-4H,12H2,(H,13,14)/b4-1+. The number of anilines is 1. The maximum Gasteiger partial charge on any atom is 0.328 e. The molecule has 0 fully saturated rings. The molecule has 0 atom stereocenters. The quantitative estimate of drug-likeness (QED) is 0.587. The van der Waals surface area contributed by atoms with Gasteiger partial charge in [-0.15, -0.1) is 0 Å². The van der Waals surface area contributed by atoms with Gasteiger partial charge in [0.1, 0.15) is 0 Å². The molecule has 14 heavy (non-hydrogen) atoms. The fraction of sp³-hybridized carbons (Fsp3) is 0. The lowest BCUT2D eigenvalue weighted by atomic mass is 10.1. The van der Waals surface area contributed by atoms with Crippen molar-refractivity contribution < 1.29 is 14.3 Å². The van der Waals surface area contributed by atoms with E-state index in [2.05, 4.69) is 0 Å². The summed E-state index contributed by atoms with van der Waals surface area (Å²) in [5.41, 5.74) is 5.56. The second-order valence-electron chi connectivity index (χ2n) is 2.54. The molecule has 5 heteroatoms. The van der Waals surface area contributed by atoms with E-state index >= 15 is 0 Å². The van der Waals surface area contributed by atoms with E-state index in [4.69, 9.17) is 22.4 Å². The van der Waals surface area contributed by atoms with Gasteiger partial charge in [-0.2, -0.15) is 0 Å². The molecule has 1 aromatic carbocycles. The zero-order chi connectivity index (χ0) is 10.7. The number of hydrogen-bond acceptors (Lipinski definition) is 2. The summed E-state index contributed by atoms with van der Waals surface area (Å²) in [6.45, 7) is 0. The highest BCUT2D eigenvalue weighted by Gasteiger charge is 2.07. The second-order valence-corrected chi connectivity index (χ2v) is 2.94. The average Bonchev–Trinajstić information content (AvgIpc) is 2.11. The molecule has 0 aliphatic heterocycles. The Bertz CT molecular complexity index is 404. The SMILES string of the molecule is Nc1ccc(Cl)c(F)c1/C=C/C(=O)O. The predicted octanol–water partition coefficient (Wildman–Crippen LogP) is 2.16. The average molecular weight is 216 g/mol. The first-order chi connectivity index (χ1) is 6.52. The fourth-order valence-electron chi connectivity index (χ4n) is 0.905. The molecule has 3 nitrogen and oxygen atoms in total. The Morgan fingerprint density at radius 3 is 2.79 bits per heavy atom. The van der Waals surface area contributed by atoms with Crippen molar-refractivity contribution in [2.24, 2.45) is 0 Å². The van der Waals surface area contributed by atoms with E-state index in [9.17, 15) is 9.18 Å². The molecule has 0 spiro atoms. The van der Waals surface area contributed by atoms with E-state index < -0.39 is 11.8 Å². The monoisotopic (exact) mass is 215 g/mol. The Balaban J connectivity index is 3.19. The summed E-state index contributed by atoms with van der Waals surface area (Å²) in [7, 11) is 0. The van der Waals surface area contributed by atoms with Crippen LogP contribution < -0.4 is 5.73 Å². The van der Waals surface area contributed by atoms with Gasteiger partial charge in [0.05, 0.1) is 5.02 Å². The van der Waals surface area contributed by atoms with Crippen molar-refractivity contribution in [1.29, 1.82) is 0 Å². The Labute approximate surface area is 84.6 Å². The minimum atomic E-state index is -1.18. The van der Waals surface area contributed by atoms with Crippen molar-refractivity contribution in [2.75, 3.05) is 5.73 Å². The maximum atomic E-state index is 13.3. The van der Waals surface area contributed by atoms with Crippen LogP contribution >= 0.6 is 11.6 Å². The number of rotatable bonds is 2. The first-order valence-corrected chi connectivity index (χ1v) is 4.04. The zero-order valence-corrected chi connectivity index (χ0v) is 7.75. The van der Waals surface area contributed by atoms with Gasteiger partial charge in [0.15, 0.2) is 5.82 Å². The number of carboxylic acid groups (broad SMARTS) is 1. The lowest BCUT2D eigenvalue weighted by Gasteiger charge is -2.02. The first-order valence-electron chi connectivity index (χ1n) is 3.67. The highest BCUT2D eigenvalue weighted by atomic mass is 35.5. The van der Waals surface area contributed by atoms with E-state index in [-0.39, 0.29) is 16.3 Å². The van der Waals surface area contributed by atoms with Crippen LogP contribution in [0.1, 0.15) is 5.56 Å². The maximum absolute atomic E-state index is 13.3. The topological polar surface area (TPSA) is 63.3 Å². The second kappa shape index (κ2) is 4.11. The summed E-state index contributed by atoms with van der Waals surface area (Å²) >= 11 is 5.49. The molecule has 74 valence electrons. The van der Waals surface area contributed by atoms with Gasteiger partial charge < -0.3 is 10.8 Å². The Hall–Kier alpha value is -1.55. The van der Waals surface area contributed by atoms with Gasteiger partial charge >= 0.3 is 5.97 Å². The fourth-order valence-corrected chi connectivity index (χ4v) is 1.07. The molecule has 1 rings (SSSR count). The van der Waals surface area contributed by atoms with Crippen LogP contribution in [0, 0.1) is 5.82 Å². The van der Waals surface area contributed by atoms with Crippen molar-refractivity contribution in [2.45, 2.75) is 0 Å². The molecule has 0 heterocycles. The molecular weight excluding hydrogens is 209 g/mol. The summed E-state index contributed by atoms with van der Waals surface area (Å²) in [6, 6.07) is 2.72.